The molecule has 2 saturated heterocycles. The van der Waals surface area contributed by atoms with Crippen LogP contribution in [-0.2, 0) is 16.1 Å². The maximum Gasteiger partial charge on any atom is 0.225 e. The lowest BCUT2D eigenvalue weighted by molar-refractivity contribution is -0.131. The molecule has 1 aromatic carbocycles. The molecule has 6 nitrogen and oxygen atoms in total. The van der Waals surface area contributed by atoms with Crippen molar-refractivity contribution < 1.29 is 9.59 Å². The Labute approximate surface area is 162 Å². The van der Waals surface area contributed by atoms with E-state index in [1.807, 2.05) is 35.2 Å². The topological polar surface area (TPSA) is 73.5 Å². The van der Waals surface area contributed by atoms with Gasteiger partial charge in [-0.15, -0.1) is 0 Å². The summed E-state index contributed by atoms with van der Waals surface area (Å²) in [6, 6.07) is 10.2. The Morgan fingerprint density at radius 1 is 1.23 bits per heavy atom. The van der Waals surface area contributed by atoms with E-state index in [-0.39, 0.29) is 23.9 Å². The first kappa shape index (κ1) is 17.9. The molecule has 0 radical (unpaired) electrons. The molecule has 2 heterocycles. The van der Waals surface area contributed by atoms with Crippen molar-refractivity contribution >= 4 is 27.7 Å². The lowest BCUT2D eigenvalue weighted by atomic mass is 9.84. The fourth-order valence-corrected chi connectivity index (χ4v) is 5.07. The molecule has 4 rings (SSSR count). The van der Waals surface area contributed by atoms with Gasteiger partial charge in [-0.3, -0.25) is 15.0 Å². The molecular formula is C19H25BrN4O2. The standard InChI is InChI=1S/C19H25BrN4O2/c20-14-6-7-15-16(9-14)22-23-18(15)24-11-13(8-17(24)25)19(26)21-10-12-4-2-1-3-5-12/h1-5,13-16,18,22-23H,6-11H2,(H,21,26). The molecule has 2 amide bonds. The highest BCUT2D eigenvalue weighted by molar-refractivity contribution is 9.09. The minimum absolute atomic E-state index is 0.000534. The summed E-state index contributed by atoms with van der Waals surface area (Å²) in [6.07, 6.45) is 3.58. The van der Waals surface area contributed by atoms with Crippen LogP contribution >= 0.6 is 15.9 Å². The van der Waals surface area contributed by atoms with Crippen molar-refractivity contribution in [1.82, 2.24) is 21.1 Å². The van der Waals surface area contributed by atoms with Crippen molar-refractivity contribution in [3.63, 3.8) is 0 Å². The zero-order valence-electron chi connectivity index (χ0n) is 14.7. The van der Waals surface area contributed by atoms with Crippen LogP contribution in [0.3, 0.4) is 0 Å². The van der Waals surface area contributed by atoms with E-state index in [4.69, 9.17) is 0 Å². The summed E-state index contributed by atoms with van der Waals surface area (Å²) in [5.74, 6) is 0.195. The van der Waals surface area contributed by atoms with Gasteiger partial charge in [-0.25, -0.2) is 5.43 Å². The molecule has 3 aliphatic rings. The maximum absolute atomic E-state index is 12.6. The van der Waals surface area contributed by atoms with E-state index < -0.39 is 0 Å². The Balaban J connectivity index is 1.34. The van der Waals surface area contributed by atoms with E-state index in [1.165, 1.54) is 0 Å². The SMILES string of the molecule is O=C(NCc1ccccc1)C1CC(=O)N(C2NNC3CC(Br)CCC32)C1. The minimum Gasteiger partial charge on any atom is -0.352 e. The smallest absolute Gasteiger partial charge is 0.225 e. The summed E-state index contributed by atoms with van der Waals surface area (Å²) in [7, 11) is 0. The predicted octanol–water partition coefficient (Wildman–Crippen LogP) is 1.52. The quantitative estimate of drug-likeness (QED) is 0.645. The van der Waals surface area contributed by atoms with Crippen molar-refractivity contribution in [2.45, 2.75) is 49.3 Å². The second-order valence-corrected chi connectivity index (χ2v) is 8.86. The number of fused-ring (bicyclic) bond motifs is 1. The van der Waals surface area contributed by atoms with Gasteiger partial charge in [-0.2, -0.15) is 0 Å². The molecule has 5 unspecified atom stereocenters. The van der Waals surface area contributed by atoms with Crippen molar-refractivity contribution in [2.24, 2.45) is 11.8 Å². The molecule has 0 aromatic heterocycles. The Kier molecular flexibility index (Phi) is 5.29. The van der Waals surface area contributed by atoms with Crippen LogP contribution in [0.4, 0.5) is 0 Å². The first-order chi connectivity index (χ1) is 12.6. The Hall–Kier alpha value is -1.44. The summed E-state index contributed by atoms with van der Waals surface area (Å²) in [5, 5.41) is 2.97. The number of alkyl halides is 1. The first-order valence-electron chi connectivity index (χ1n) is 9.38. The molecule has 3 fully saturated rings. The summed E-state index contributed by atoms with van der Waals surface area (Å²) >= 11 is 3.70. The molecular weight excluding hydrogens is 396 g/mol. The van der Waals surface area contributed by atoms with Crippen LogP contribution in [0.25, 0.3) is 0 Å². The van der Waals surface area contributed by atoms with E-state index in [0.29, 0.717) is 36.3 Å². The van der Waals surface area contributed by atoms with Crippen molar-refractivity contribution in [1.29, 1.82) is 0 Å². The van der Waals surface area contributed by atoms with Gasteiger partial charge >= 0.3 is 0 Å². The average molecular weight is 421 g/mol. The van der Waals surface area contributed by atoms with Gasteiger partial charge < -0.3 is 10.2 Å². The fraction of sp³-hybridized carbons (Fsp3) is 0.579. The summed E-state index contributed by atoms with van der Waals surface area (Å²) < 4.78 is 0. The van der Waals surface area contributed by atoms with Gasteiger partial charge in [0, 0.05) is 36.3 Å². The molecule has 0 bridgehead atoms. The van der Waals surface area contributed by atoms with Crippen LogP contribution in [0.2, 0.25) is 0 Å². The fourth-order valence-electron chi connectivity index (χ4n) is 4.40. The highest BCUT2D eigenvalue weighted by atomic mass is 79.9. The number of rotatable bonds is 4. The Bertz CT molecular complexity index is 671. The third-order valence-electron chi connectivity index (χ3n) is 5.84. The van der Waals surface area contributed by atoms with Gasteiger partial charge in [0.2, 0.25) is 11.8 Å². The molecule has 140 valence electrons. The van der Waals surface area contributed by atoms with E-state index in [0.717, 1.165) is 24.8 Å². The number of nitrogens with one attached hydrogen (secondary N) is 3. The van der Waals surface area contributed by atoms with Gasteiger partial charge in [-0.05, 0) is 24.8 Å². The largest absolute Gasteiger partial charge is 0.352 e. The third-order valence-corrected chi connectivity index (χ3v) is 6.67. The van der Waals surface area contributed by atoms with Gasteiger partial charge in [0.15, 0.2) is 0 Å². The number of hydrogen-bond donors (Lipinski definition) is 3. The molecule has 2 aliphatic heterocycles. The Morgan fingerprint density at radius 3 is 2.85 bits per heavy atom. The minimum atomic E-state index is -0.264. The molecule has 7 heteroatoms. The zero-order chi connectivity index (χ0) is 18.1. The summed E-state index contributed by atoms with van der Waals surface area (Å²) in [6.45, 7) is 1.00. The van der Waals surface area contributed by atoms with Crippen molar-refractivity contribution in [2.75, 3.05) is 6.54 Å². The zero-order valence-corrected chi connectivity index (χ0v) is 16.2. The second-order valence-electron chi connectivity index (χ2n) is 7.56. The lowest BCUT2D eigenvalue weighted by Gasteiger charge is -2.34. The number of amides is 2. The summed E-state index contributed by atoms with van der Waals surface area (Å²) in [5.41, 5.74) is 7.73. The molecule has 1 saturated carbocycles. The molecule has 0 spiro atoms. The lowest BCUT2D eigenvalue weighted by Crippen LogP contribution is -2.48. The number of carbonyl (C=O) groups excluding carboxylic acids is 2. The highest BCUT2D eigenvalue weighted by Gasteiger charge is 2.47. The maximum atomic E-state index is 12.6. The number of likely N-dealkylation sites (tertiary alicyclic amines) is 1. The van der Waals surface area contributed by atoms with E-state index in [2.05, 4.69) is 32.1 Å². The monoisotopic (exact) mass is 420 g/mol. The van der Waals surface area contributed by atoms with Crippen molar-refractivity contribution in [3.8, 4) is 0 Å². The van der Waals surface area contributed by atoms with Gasteiger partial charge in [0.05, 0.1) is 12.1 Å². The number of halogens is 1. The van der Waals surface area contributed by atoms with E-state index in [1.54, 1.807) is 0 Å². The predicted molar refractivity (Wildman–Crippen MR) is 102 cm³/mol. The molecule has 1 aliphatic carbocycles. The number of benzene rings is 1. The normalized spacial score (nSPS) is 34.0. The number of hydrazine groups is 1. The molecule has 1 aromatic rings. The van der Waals surface area contributed by atoms with Crippen molar-refractivity contribution in [3.05, 3.63) is 35.9 Å². The first-order valence-corrected chi connectivity index (χ1v) is 10.3. The van der Waals surface area contributed by atoms with E-state index >= 15 is 0 Å². The number of carbonyl (C=O) groups is 2. The second kappa shape index (κ2) is 7.66. The van der Waals surface area contributed by atoms with Gasteiger partial charge in [0.25, 0.3) is 0 Å². The number of nitrogens with zero attached hydrogens (tertiary/aromatic N) is 1. The van der Waals surface area contributed by atoms with E-state index in [9.17, 15) is 9.59 Å². The highest BCUT2D eigenvalue weighted by Crippen LogP contribution is 2.36. The average Bonchev–Trinajstić information content (AvgIpc) is 3.23. The van der Waals surface area contributed by atoms with Crippen LogP contribution in [-0.4, -0.2) is 40.3 Å². The molecule has 3 N–H and O–H groups in total. The van der Waals surface area contributed by atoms with Crippen LogP contribution in [0, 0.1) is 11.8 Å². The third kappa shape index (κ3) is 3.66. The Morgan fingerprint density at radius 2 is 2.04 bits per heavy atom. The van der Waals surface area contributed by atoms with Crippen LogP contribution in [0.5, 0.6) is 0 Å². The number of hydrogen-bond acceptors (Lipinski definition) is 4. The molecule has 5 atom stereocenters. The van der Waals surface area contributed by atoms with Crippen LogP contribution in [0.15, 0.2) is 30.3 Å². The summed E-state index contributed by atoms with van der Waals surface area (Å²) in [4.78, 5) is 27.5. The van der Waals surface area contributed by atoms with Crippen LogP contribution in [0.1, 0.15) is 31.2 Å². The molecule has 26 heavy (non-hydrogen) atoms. The van der Waals surface area contributed by atoms with Gasteiger partial charge in [-0.1, -0.05) is 46.3 Å². The van der Waals surface area contributed by atoms with Gasteiger partial charge in [0.1, 0.15) is 0 Å². The van der Waals surface area contributed by atoms with Crippen LogP contribution < -0.4 is 16.2 Å².